The molecule has 0 radical (unpaired) electrons. The quantitative estimate of drug-likeness (QED) is 0.543. The number of thiazole rings is 1. The third kappa shape index (κ3) is 4.42. The summed E-state index contributed by atoms with van der Waals surface area (Å²) in [5.41, 5.74) is 0.726. The maximum atomic E-state index is 12.7. The van der Waals surface area contributed by atoms with Crippen LogP contribution < -0.4 is 9.47 Å². The smallest absolute Gasteiger partial charge is 0.344 e. The van der Waals surface area contributed by atoms with E-state index < -0.39 is 11.9 Å². The van der Waals surface area contributed by atoms with Crippen molar-refractivity contribution in [2.24, 2.45) is 0 Å². The minimum atomic E-state index is -0.620. The molecule has 28 heavy (non-hydrogen) atoms. The molecule has 0 amide bonds. The van der Waals surface area contributed by atoms with Crippen LogP contribution >= 0.6 is 23.1 Å². The maximum absolute atomic E-state index is 12.7. The van der Waals surface area contributed by atoms with Gasteiger partial charge >= 0.3 is 5.97 Å². The van der Waals surface area contributed by atoms with Crippen molar-refractivity contribution < 1.29 is 23.8 Å². The lowest BCUT2D eigenvalue weighted by atomic mass is 10.0. The molecule has 1 aromatic carbocycles. The van der Waals surface area contributed by atoms with Crippen molar-refractivity contribution in [1.82, 2.24) is 4.98 Å². The Bertz CT molecular complexity index is 924. The fourth-order valence-electron chi connectivity index (χ4n) is 2.57. The van der Waals surface area contributed by atoms with E-state index in [9.17, 15) is 9.59 Å². The summed E-state index contributed by atoms with van der Waals surface area (Å²) in [5.74, 6) is -0.385. The topological polar surface area (TPSA) is 98.6 Å². The number of hydrogen-bond acceptors (Lipinski definition) is 9. The molecule has 0 saturated carbocycles. The van der Waals surface area contributed by atoms with E-state index >= 15 is 0 Å². The molecule has 1 aromatic heterocycles. The van der Waals surface area contributed by atoms with Gasteiger partial charge in [0.2, 0.25) is 0 Å². The summed E-state index contributed by atoms with van der Waals surface area (Å²) in [6.07, 6.45) is 3.35. The van der Waals surface area contributed by atoms with E-state index in [-0.39, 0.29) is 24.0 Å². The first-order valence-corrected chi connectivity index (χ1v) is 10.1. The van der Waals surface area contributed by atoms with Crippen LogP contribution in [0.4, 0.5) is 0 Å². The summed E-state index contributed by atoms with van der Waals surface area (Å²) >= 11 is 2.51. The molecule has 0 bridgehead atoms. The second-order valence-electron chi connectivity index (χ2n) is 5.65. The molecule has 9 heteroatoms. The van der Waals surface area contributed by atoms with Gasteiger partial charge in [-0.2, -0.15) is 0 Å². The summed E-state index contributed by atoms with van der Waals surface area (Å²) in [5, 5.41) is 10.8. The zero-order valence-electron chi connectivity index (χ0n) is 15.3. The number of ether oxygens (including phenoxy) is 3. The van der Waals surface area contributed by atoms with Crippen molar-refractivity contribution in [1.29, 1.82) is 5.41 Å². The van der Waals surface area contributed by atoms with Crippen molar-refractivity contribution in [3.05, 3.63) is 45.3 Å². The van der Waals surface area contributed by atoms with Crippen LogP contribution in [0.2, 0.25) is 0 Å². The highest BCUT2D eigenvalue weighted by Gasteiger charge is 2.38. The second kappa shape index (κ2) is 9.03. The molecule has 1 unspecified atom stereocenters. The molecule has 1 aliphatic rings. The normalized spacial score (nSPS) is 17.8. The van der Waals surface area contributed by atoms with Crippen molar-refractivity contribution in [2.75, 3.05) is 20.3 Å². The fourth-order valence-corrected chi connectivity index (χ4v) is 4.38. The zero-order chi connectivity index (χ0) is 20.1. The van der Waals surface area contributed by atoms with E-state index in [1.807, 2.05) is 0 Å². The van der Waals surface area contributed by atoms with Gasteiger partial charge in [-0.25, -0.2) is 9.78 Å². The van der Waals surface area contributed by atoms with Crippen LogP contribution in [-0.2, 0) is 14.3 Å². The van der Waals surface area contributed by atoms with Crippen molar-refractivity contribution in [3.8, 4) is 11.5 Å². The summed E-state index contributed by atoms with van der Waals surface area (Å²) < 4.78 is 15.6. The van der Waals surface area contributed by atoms with E-state index in [1.165, 1.54) is 18.4 Å². The molecule has 1 saturated heterocycles. The third-order valence-electron chi connectivity index (χ3n) is 3.82. The van der Waals surface area contributed by atoms with Gasteiger partial charge in [-0.3, -0.25) is 10.2 Å². The van der Waals surface area contributed by atoms with E-state index in [0.717, 1.165) is 17.3 Å². The molecular formula is C19H18N2O5S2. The minimum Gasteiger partial charge on any atom is -0.493 e. The van der Waals surface area contributed by atoms with Crippen molar-refractivity contribution in [2.45, 2.75) is 12.8 Å². The monoisotopic (exact) mass is 418 g/mol. The van der Waals surface area contributed by atoms with E-state index in [0.29, 0.717) is 21.4 Å². The molecule has 3 rings (SSSR count). The Morgan fingerprint density at radius 2 is 2.18 bits per heavy atom. The van der Waals surface area contributed by atoms with Crippen molar-refractivity contribution >= 4 is 46.0 Å². The number of carbonyl (C=O) groups excluding carboxylic acids is 2. The minimum absolute atomic E-state index is 0.133. The maximum Gasteiger partial charge on any atom is 0.344 e. The molecule has 1 atom stereocenters. The van der Waals surface area contributed by atoms with Gasteiger partial charge in [-0.05, 0) is 30.7 Å². The molecule has 0 spiro atoms. The first kappa shape index (κ1) is 20.1. The molecular weight excluding hydrogens is 400 g/mol. The van der Waals surface area contributed by atoms with Gasteiger partial charge in [-0.1, -0.05) is 17.8 Å². The lowest BCUT2D eigenvalue weighted by Gasteiger charge is -2.11. The molecule has 1 N–H and O–H groups in total. The van der Waals surface area contributed by atoms with Crippen LogP contribution in [-0.4, -0.2) is 42.1 Å². The number of hydrogen-bond donors (Lipinski definition) is 1. The number of benzene rings is 1. The molecule has 0 aliphatic carbocycles. The largest absolute Gasteiger partial charge is 0.493 e. The Balaban J connectivity index is 1.78. The Morgan fingerprint density at radius 3 is 2.86 bits per heavy atom. The van der Waals surface area contributed by atoms with Gasteiger partial charge in [0.25, 0.3) is 0 Å². The number of nitrogens with one attached hydrogen (secondary N) is 1. The van der Waals surface area contributed by atoms with Crippen LogP contribution in [0.15, 0.2) is 34.7 Å². The van der Waals surface area contributed by atoms with E-state index in [1.54, 1.807) is 42.8 Å². The summed E-state index contributed by atoms with van der Waals surface area (Å²) in [6.45, 7) is 1.79. The standard InChI is InChI=1S/C19H18N2O5S2/c1-3-25-15(22)10-26-12-5-4-11(8-13(12)24-2)9-14-17(23)16(18(20)28-14)19-21-6-7-27-19/h4-9,16,20H,3,10H2,1-2H3. The number of carbonyl (C=O) groups is 2. The predicted octanol–water partition coefficient (Wildman–Crippen LogP) is 3.51. The number of methoxy groups -OCH3 is 1. The van der Waals surface area contributed by atoms with Crippen LogP contribution in [0.25, 0.3) is 6.08 Å². The number of ketones is 1. The Labute approximate surface area is 170 Å². The third-order valence-corrected chi connectivity index (χ3v) is 5.66. The van der Waals surface area contributed by atoms with Crippen LogP contribution in [0.3, 0.4) is 0 Å². The van der Waals surface area contributed by atoms with Crippen molar-refractivity contribution in [3.63, 3.8) is 0 Å². The van der Waals surface area contributed by atoms with E-state index in [2.05, 4.69) is 4.98 Å². The van der Waals surface area contributed by atoms with Crippen LogP contribution in [0.5, 0.6) is 11.5 Å². The molecule has 1 aliphatic heterocycles. The average molecular weight is 418 g/mol. The summed E-state index contributed by atoms with van der Waals surface area (Å²) in [7, 11) is 1.49. The first-order chi connectivity index (χ1) is 13.5. The van der Waals surface area contributed by atoms with Gasteiger partial charge in [0, 0.05) is 11.6 Å². The second-order valence-corrected chi connectivity index (χ2v) is 7.66. The summed E-state index contributed by atoms with van der Waals surface area (Å²) in [6, 6.07) is 5.13. The van der Waals surface area contributed by atoms with Crippen LogP contribution in [0.1, 0.15) is 23.4 Å². The number of esters is 1. The number of rotatable bonds is 7. The molecule has 1 fully saturated rings. The molecule has 2 heterocycles. The molecule has 146 valence electrons. The zero-order valence-corrected chi connectivity index (χ0v) is 16.9. The average Bonchev–Trinajstić information content (AvgIpc) is 3.29. The highest BCUT2D eigenvalue weighted by molar-refractivity contribution is 8.19. The number of aromatic nitrogens is 1. The summed E-state index contributed by atoms with van der Waals surface area (Å²) in [4.78, 5) is 28.8. The van der Waals surface area contributed by atoms with E-state index in [4.69, 9.17) is 19.6 Å². The predicted molar refractivity (Wildman–Crippen MR) is 108 cm³/mol. The molecule has 2 aromatic rings. The number of allylic oxidation sites excluding steroid dienone is 1. The highest BCUT2D eigenvalue weighted by atomic mass is 32.2. The van der Waals surface area contributed by atoms with Gasteiger partial charge < -0.3 is 14.2 Å². The fraction of sp³-hybridized carbons (Fsp3) is 0.263. The highest BCUT2D eigenvalue weighted by Crippen LogP contribution is 2.41. The van der Waals surface area contributed by atoms with Gasteiger partial charge in [-0.15, -0.1) is 11.3 Å². The first-order valence-electron chi connectivity index (χ1n) is 8.41. The lowest BCUT2D eigenvalue weighted by Crippen LogP contribution is -2.14. The van der Waals surface area contributed by atoms with Gasteiger partial charge in [0.05, 0.1) is 23.7 Å². The van der Waals surface area contributed by atoms with Crippen LogP contribution in [0, 0.1) is 5.41 Å². The van der Waals surface area contributed by atoms with Gasteiger partial charge in [0.15, 0.2) is 23.9 Å². The number of Topliss-reactive ketones (excluding diaryl/α,β-unsaturated/α-hetero) is 1. The lowest BCUT2D eigenvalue weighted by molar-refractivity contribution is -0.145. The number of nitrogens with zero attached hydrogens (tertiary/aromatic N) is 1. The Kier molecular flexibility index (Phi) is 6.48. The number of thioether (sulfide) groups is 1. The van der Waals surface area contributed by atoms with Gasteiger partial charge in [0.1, 0.15) is 10.9 Å². The Hall–Kier alpha value is -2.65. The Morgan fingerprint density at radius 1 is 1.36 bits per heavy atom. The molecule has 7 nitrogen and oxygen atoms in total. The SMILES string of the molecule is CCOC(=O)COc1ccc(C=C2SC(=N)C(c3nccs3)C2=O)cc1OC.